The fraction of sp³-hybridized carbons (Fsp3) is 0.917. The summed E-state index contributed by atoms with van der Waals surface area (Å²) in [5.41, 5.74) is 0. The summed E-state index contributed by atoms with van der Waals surface area (Å²) in [6, 6.07) is 0.591. The average Bonchev–Trinajstić information content (AvgIpc) is 2.02. The summed E-state index contributed by atoms with van der Waals surface area (Å²) in [6.07, 6.45) is 0. The fourth-order valence-corrected chi connectivity index (χ4v) is 3.32. The Labute approximate surface area is 93.7 Å². The van der Waals surface area contributed by atoms with Crippen LogP contribution in [-0.4, -0.2) is 39.7 Å². The van der Waals surface area contributed by atoms with Crippen molar-refractivity contribution in [2.24, 2.45) is 0 Å². The molecule has 0 saturated heterocycles. The maximum absolute atomic E-state index is 11.2. The van der Waals surface area contributed by atoms with E-state index in [0.29, 0.717) is 22.6 Å². The Bertz CT molecular complexity index is 200. The molecule has 0 aliphatic heterocycles. The van der Waals surface area contributed by atoms with Crippen molar-refractivity contribution in [1.82, 2.24) is 0 Å². The van der Waals surface area contributed by atoms with Crippen LogP contribution in [0.5, 0.6) is 0 Å². The van der Waals surface area contributed by atoms with Gasteiger partial charge in [0, 0.05) is 0 Å². The van der Waals surface area contributed by atoms with E-state index in [1.807, 2.05) is 6.92 Å². The van der Waals surface area contributed by atoms with Crippen LogP contribution in [0.2, 0.25) is 0 Å². The molecule has 1 N–H and O–H groups in total. The summed E-state index contributed by atoms with van der Waals surface area (Å²) in [5, 5.41) is 9.25. The van der Waals surface area contributed by atoms with Crippen LogP contribution >= 0.6 is 0 Å². The number of hydrogen-bond acceptors (Lipinski definition) is 1. The van der Waals surface area contributed by atoms with Crippen molar-refractivity contribution in [3.8, 4) is 0 Å². The first-order chi connectivity index (χ1) is 6.68. The number of carbonyl (C=O) groups is 1. The minimum Gasteiger partial charge on any atom is -0.477 e. The molecule has 90 valence electrons. The molecule has 0 heterocycles. The molecule has 0 bridgehead atoms. The molecule has 3 heteroatoms. The number of nitrogens with zero attached hydrogens (tertiary/aromatic N) is 1. The van der Waals surface area contributed by atoms with Gasteiger partial charge < -0.3 is 9.59 Å². The van der Waals surface area contributed by atoms with Crippen LogP contribution in [0, 0.1) is 0 Å². The number of aliphatic carboxylic acids is 1. The van der Waals surface area contributed by atoms with Gasteiger partial charge in [-0.05, 0) is 48.5 Å². The van der Waals surface area contributed by atoms with Crippen LogP contribution in [0.25, 0.3) is 0 Å². The summed E-state index contributed by atoms with van der Waals surface area (Å²) >= 11 is 0. The summed E-state index contributed by atoms with van der Waals surface area (Å²) in [5.74, 6) is -0.703. The second kappa shape index (κ2) is 4.97. The molecule has 1 unspecified atom stereocenters. The number of quaternary nitrogens is 1. The lowest BCUT2D eigenvalue weighted by atomic mass is 10.0. The monoisotopic (exact) mass is 216 g/mol. The lowest BCUT2D eigenvalue weighted by Crippen LogP contribution is -2.68. The maximum atomic E-state index is 11.2. The molecule has 0 amide bonds. The van der Waals surface area contributed by atoms with Gasteiger partial charge in [0.25, 0.3) is 0 Å². The minimum absolute atomic E-state index is 0.316. The van der Waals surface area contributed by atoms with Gasteiger partial charge in [-0.1, -0.05) is 0 Å². The zero-order valence-electron chi connectivity index (χ0n) is 11.1. The number of hydrogen-bond donors (Lipinski definition) is 1. The molecule has 0 aromatic heterocycles. The van der Waals surface area contributed by atoms with Crippen LogP contribution < -0.4 is 0 Å². The first kappa shape index (κ1) is 14.4. The van der Waals surface area contributed by atoms with Crippen molar-refractivity contribution in [3.05, 3.63) is 0 Å². The molecule has 0 rings (SSSR count). The SMILES string of the molecule is CC(C)[N+](C(C)C)(C(C)C)C(C)C(=O)O. The van der Waals surface area contributed by atoms with E-state index in [-0.39, 0.29) is 6.04 Å². The molecule has 0 aromatic rings. The molecule has 0 aliphatic carbocycles. The highest BCUT2D eigenvalue weighted by atomic mass is 16.4. The van der Waals surface area contributed by atoms with E-state index >= 15 is 0 Å². The van der Waals surface area contributed by atoms with Crippen LogP contribution in [0.3, 0.4) is 0 Å². The predicted octanol–water partition coefficient (Wildman–Crippen LogP) is 2.50. The molecule has 0 radical (unpaired) electrons. The van der Waals surface area contributed by atoms with Gasteiger partial charge in [0.1, 0.15) is 0 Å². The number of carboxylic acids is 1. The van der Waals surface area contributed by atoms with E-state index < -0.39 is 5.97 Å². The number of carboxylic acid groups (broad SMARTS) is 1. The van der Waals surface area contributed by atoms with Crippen LogP contribution in [0.15, 0.2) is 0 Å². The summed E-state index contributed by atoms with van der Waals surface area (Å²) < 4.78 is 0.634. The van der Waals surface area contributed by atoms with E-state index in [1.165, 1.54) is 0 Å². The normalized spacial score (nSPS) is 15.1. The van der Waals surface area contributed by atoms with E-state index in [9.17, 15) is 9.90 Å². The van der Waals surface area contributed by atoms with Crippen molar-refractivity contribution in [1.29, 1.82) is 0 Å². The van der Waals surface area contributed by atoms with Gasteiger partial charge in [0.15, 0.2) is 6.04 Å². The van der Waals surface area contributed by atoms with Crippen LogP contribution in [-0.2, 0) is 4.79 Å². The highest BCUT2D eigenvalue weighted by molar-refractivity contribution is 5.71. The largest absolute Gasteiger partial charge is 0.477 e. The van der Waals surface area contributed by atoms with Gasteiger partial charge in [-0.25, -0.2) is 4.79 Å². The molecule has 0 aromatic carbocycles. The zero-order valence-corrected chi connectivity index (χ0v) is 11.1. The second-order valence-electron chi connectivity index (χ2n) is 5.19. The highest BCUT2D eigenvalue weighted by Gasteiger charge is 2.46. The Morgan fingerprint density at radius 2 is 1.13 bits per heavy atom. The Hall–Kier alpha value is -0.570. The first-order valence-electron chi connectivity index (χ1n) is 5.79. The predicted molar refractivity (Wildman–Crippen MR) is 62.8 cm³/mol. The zero-order chi connectivity index (χ0) is 12.4. The Kier molecular flexibility index (Phi) is 4.78. The lowest BCUT2D eigenvalue weighted by molar-refractivity contribution is -0.997. The standard InChI is InChI=1S/C12H25NO2/c1-8(2)13(9(3)4,10(5)6)11(7)12(14)15/h8-11H,1-7H3/p+1. The topological polar surface area (TPSA) is 37.3 Å². The van der Waals surface area contributed by atoms with Crippen molar-refractivity contribution < 1.29 is 14.4 Å². The molecule has 0 spiro atoms. The van der Waals surface area contributed by atoms with Crippen LogP contribution in [0.4, 0.5) is 0 Å². The van der Waals surface area contributed by atoms with E-state index in [2.05, 4.69) is 41.5 Å². The molecule has 0 fully saturated rings. The third-order valence-electron chi connectivity index (χ3n) is 3.71. The lowest BCUT2D eigenvalue weighted by Gasteiger charge is -2.51. The minimum atomic E-state index is -0.703. The molecular weight excluding hydrogens is 190 g/mol. The van der Waals surface area contributed by atoms with Gasteiger partial charge >= 0.3 is 5.97 Å². The molecule has 3 nitrogen and oxygen atoms in total. The van der Waals surface area contributed by atoms with E-state index in [1.54, 1.807) is 0 Å². The van der Waals surface area contributed by atoms with Gasteiger partial charge in [-0.2, -0.15) is 0 Å². The van der Waals surface area contributed by atoms with Crippen molar-refractivity contribution in [2.75, 3.05) is 0 Å². The molecule has 1 atom stereocenters. The van der Waals surface area contributed by atoms with Gasteiger partial charge in [0.05, 0.1) is 18.1 Å². The quantitative estimate of drug-likeness (QED) is 0.717. The Morgan fingerprint density at radius 3 is 1.20 bits per heavy atom. The summed E-state index contributed by atoms with van der Waals surface area (Å²) in [4.78, 5) is 11.2. The molecule has 0 aliphatic rings. The van der Waals surface area contributed by atoms with E-state index in [0.717, 1.165) is 0 Å². The maximum Gasteiger partial charge on any atom is 0.362 e. The second-order valence-corrected chi connectivity index (χ2v) is 5.19. The van der Waals surface area contributed by atoms with Gasteiger partial charge in [-0.3, -0.25) is 0 Å². The van der Waals surface area contributed by atoms with Crippen LogP contribution in [0.1, 0.15) is 48.5 Å². The molecular formula is C12H26NO2+. The molecule has 15 heavy (non-hydrogen) atoms. The van der Waals surface area contributed by atoms with Gasteiger partial charge in [-0.15, -0.1) is 0 Å². The van der Waals surface area contributed by atoms with Gasteiger partial charge in [0.2, 0.25) is 0 Å². The third kappa shape index (κ3) is 2.33. The average molecular weight is 216 g/mol. The Balaban J connectivity index is 5.42. The summed E-state index contributed by atoms with van der Waals surface area (Å²) in [6.45, 7) is 14.5. The number of rotatable bonds is 5. The van der Waals surface area contributed by atoms with Crippen molar-refractivity contribution in [3.63, 3.8) is 0 Å². The smallest absolute Gasteiger partial charge is 0.362 e. The summed E-state index contributed by atoms with van der Waals surface area (Å²) in [7, 11) is 0. The highest BCUT2D eigenvalue weighted by Crippen LogP contribution is 2.28. The fourth-order valence-electron chi connectivity index (χ4n) is 3.32. The van der Waals surface area contributed by atoms with Crippen molar-refractivity contribution in [2.45, 2.75) is 72.6 Å². The first-order valence-corrected chi connectivity index (χ1v) is 5.79. The Morgan fingerprint density at radius 1 is 0.867 bits per heavy atom. The third-order valence-corrected chi connectivity index (χ3v) is 3.71. The molecule has 0 saturated carbocycles. The van der Waals surface area contributed by atoms with Crippen molar-refractivity contribution >= 4 is 5.97 Å². The van der Waals surface area contributed by atoms with E-state index in [4.69, 9.17) is 0 Å².